The van der Waals surface area contributed by atoms with Crippen LogP contribution in [-0.4, -0.2) is 48.7 Å². The predicted molar refractivity (Wildman–Crippen MR) is 122 cm³/mol. The van der Waals surface area contributed by atoms with Gasteiger partial charge in [-0.1, -0.05) is 51.6 Å². The molecule has 1 N–H and O–H groups in total. The number of nitrogens with zero attached hydrogens (tertiary/aromatic N) is 3. The van der Waals surface area contributed by atoms with Gasteiger partial charge in [0.25, 0.3) is 5.91 Å². The molecule has 0 aliphatic carbocycles. The Labute approximate surface area is 183 Å². The quantitative estimate of drug-likeness (QED) is 0.504. The van der Waals surface area contributed by atoms with Crippen molar-refractivity contribution in [3.05, 3.63) is 47.2 Å². The van der Waals surface area contributed by atoms with Gasteiger partial charge in [0.1, 0.15) is 5.82 Å². The SMILES string of the molecule is CC(C)CNC(=O)c1ccc(CSc2nc(C(C)C)cc(N3CCOCC3)n2)cc1. The second kappa shape index (κ2) is 10.8. The molecule has 0 saturated carbocycles. The van der Waals surface area contributed by atoms with Gasteiger partial charge in [0.05, 0.1) is 13.2 Å². The maximum atomic E-state index is 12.2. The minimum absolute atomic E-state index is 0.0222. The summed E-state index contributed by atoms with van der Waals surface area (Å²) >= 11 is 1.63. The van der Waals surface area contributed by atoms with Crippen LogP contribution in [0.25, 0.3) is 0 Å². The summed E-state index contributed by atoms with van der Waals surface area (Å²) in [5.41, 5.74) is 2.90. The van der Waals surface area contributed by atoms with Crippen LogP contribution in [0.1, 0.15) is 55.2 Å². The standard InChI is InChI=1S/C23H32N4O2S/c1-16(2)14-24-22(28)19-7-5-18(6-8-19)15-30-23-25-20(17(3)4)13-21(26-23)27-9-11-29-12-10-27/h5-8,13,16-17H,9-12,14-15H2,1-4H3,(H,24,28). The van der Waals surface area contributed by atoms with E-state index in [-0.39, 0.29) is 5.91 Å². The second-order valence-electron chi connectivity index (χ2n) is 8.28. The summed E-state index contributed by atoms with van der Waals surface area (Å²) in [5.74, 6) is 2.50. The van der Waals surface area contributed by atoms with Gasteiger partial charge in [-0.3, -0.25) is 4.79 Å². The lowest BCUT2D eigenvalue weighted by Gasteiger charge is -2.28. The molecular weight excluding hydrogens is 396 g/mol. The number of nitrogens with one attached hydrogen (secondary N) is 1. The summed E-state index contributed by atoms with van der Waals surface area (Å²) in [6.07, 6.45) is 0. The molecule has 1 aliphatic rings. The average molecular weight is 429 g/mol. The van der Waals surface area contributed by atoms with Gasteiger partial charge in [-0.2, -0.15) is 0 Å². The lowest BCUT2D eigenvalue weighted by molar-refractivity contribution is 0.0949. The highest BCUT2D eigenvalue weighted by Crippen LogP contribution is 2.26. The molecule has 6 nitrogen and oxygen atoms in total. The molecule has 0 radical (unpaired) electrons. The van der Waals surface area contributed by atoms with Gasteiger partial charge < -0.3 is 15.0 Å². The molecule has 3 rings (SSSR count). The molecule has 1 fully saturated rings. The van der Waals surface area contributed by atoms with Crippen molar-refractivity contribution in [1.29, 1.82) is 0 Å². The minimum Gasteiger partial charge on any atom is -0.378 e. The molecule has 1 amide bonds. The summed E-state index contributed by atoms with van der Waals surface area (Å²) in [4.78, 5) is 24.0. The highest BCUT2D eigenvalue weighted by molar-refractivity contribution is 7.98. The Balaban J connectivity index is 1.65. The molecule has 0 spiro atoms. The van der Waals surface area contributed by atoms with E-state index in [9.17, 15) is 4.79 Å². The van der Waals surface area contributed by atoms with E-state index in [4.69, 9.17) is 14.7 Å². The fourth-order valence-electron chi connectivity index (χ4n) is 3.04. The number of rotatable bonds is 8. The molecule has 7 heteroatoms. The van der Waals surface area contributed by atoms with Gasteiger partial charge in [0, 0.05) is 42.7 Å². The van der Waals surface area contributed by atoms with E-state index in [0.29, 0.717) is 23.9 Å². The molecule has 1 aliphatic heterocycles. The minimum atomic E-state index is -0.0222. The third-order valence-corrected chi connectivity index (χ3v) is 5.81. The topological polar surface area (TPSA) is 67.4 Å². The zero-order valence-electron chi connectivity index (χ0n) is 18.4. The van der Waals surface area contributed by atoms with Crippen LogP contribution in [0.15, 0.2) is 35.5 Å². The Morgan fingerprint density at radius 3 is 2.47 bits per heavy atom. The lowest BCUT2D eigenvalue weighted by atomic mass is 10.1. The number of amides is 1. The van der Waals surface area contributed by atoms with Crippen molar-refractivity contribution in [2.45, 2.75) is 44.5 Å². The van der Waals surface area contributed by atoms with Crippen LogP contribution < -0.4 is 10.2 Å². The van der Waals surface area contributed by atoms with Gasteiger partial charge in [-0.05, 0) is 29.5 Å². The van der Waals surface area contributed by atoms with E-state index in [2.05, 4.69) is 44.0 Å². The summed E-state index contributed by atoms with van der Waals surface area (Å²) in [5, 5.41) is 3.75. The molecule has 1 saturated heterocycles. The monoisotopic (exact) mass is 428 g/mol. The fraction of sp³-hybridized carbons (Fsp3) is 0.522. The molecule has 2 heterocycles. The van der Waals surface area contributed by atoms with Gasteiger partial charge in [0.15, 0.2) is 5.16 Å². The Morgan fingerprint density at radius 1 is 1.13 bits per heavy atom. The highest BCUT2D eigenvalue weighted by Gasteiger charge is 2.16. The number of anilines is 1. The summed E-state index contributed by atoms with van der Waals surface area (Å²) in [6, 6.07) is 9.88. The van der Waals surface area contributed by atoms with E-state index in [1.807, 2.05) is 24.3 Å². The van der Waals surface area contributed by atoms with Crippen LogP contribution in [0.5, 0.6) is 0 Å². The molecule has 0 bridgehead atoms. The molecule has 0 unspecified atom stereocenters. The van der Waals surface area contributed by atoms with E-state index in [1.165, 1.54) is 0 Å². The van der Waals surface area contributed by atoms with Crippen LogP contribution in [0, 0.1) is 5.92 Å². The maximum absolute atomic E-state index is 12.2. The number of carbonyl (C=O) groups excluding carboxylic acids is 1. The summed E-state index contributed by atoms with van der Waals surface area (Å²) in [6.45, 7) is 12.4. The molecular formula is C23H32N4O2S. The molecule has 1 aromatic carbocycles. The van der Waals surface area contributed by atoms with Crippen molar-refractivity contribution in [1.82, 2.24) is 15.3 Å². The van der Waals surface area contributed by atoms with Crippen LogP contribution in [0.4, 0.5) is 5.82 Å². The largest absolute Gasteiger partial charge is 0.378 e. The number of thioether (sulfide) groups is 1. The van der Waals surface area contributed by atoms with Crippen molar-refractivity contribution in [2.75, 3.05) is 37.7 Å². The molecule has 30 heavy (non-hydrogen) atoms. The van der Waals surface area contributed by atoms with Crippen molar-refractivity contribution >= 4 is 23.5 Å². The number of carbonyl (C=O) groups is 1. The van der Waals surface area contributed by atoms with Crippen LogP contribution >= 0.6 is 11.8 Å². The smallest absolute Gasteiger partial charge is 0.251 e. The Hall–Kier alpha value is -2.12. The van der Waals surface area contributed by atoms with Crippen LogP contribution in [-0.2, 0) is 10.5 Å². The van der Waals surface area contributed by atoms with Crippen molar-refractivity contribution in [2.24, 2.45) is 5.92 Å². The first-order chi connectivity index (χ1) is 14.4. The van der Waals surface area contributed by atoms with Crippen molar-refractivity contribution in [3.8, 4) is 0 Å². The molecule has 1 aromatic heterocycles. The van der Waals surface area contributed by atoms with Gasteiger partial charge in [-0.15, -0.1) is 0 Å². The zero-order valence-corrected chi connectivity index (χ0v) is 19.2. The summed E-state index contributed by atoms with van der Waals surface area (Å²) < 4.78 is 5.47. The van der Waals surface area contributed by atoms with E-state index < -0.39 is 0 Å². The number of hydrogen-bond acceptors (Lipinski definition) is 6. The Kier molecular flexibility index (Phi) is 8.10. The van der Waals surface area contributed by atoms with E-state index >= 15 is 0 Å². The molecule has 162 valence electrons. The first-order valence-electron chi connectivity index (χ1n) is 10.6. The van der Waals surface area contributed by atoms with Gasteiger partial charge in [-0.25, -0.2) is 9.97 Å². The zero-order chi connectivity index (χ0) is 21.5. The molecule has 0 atom stereocenters. The maximum Gasteiger partial charge on any atom is 0.251 e. The fourth-order valence-corrected chi connectivity index (χ4v) is 3.86. The first kappa shape index (κ1) is 22.6. The number of ether oxygens (including phenoxy) is 1. The number of hydrogen-bond donors (Lipinski definition) is 1. The van der Waals surface area contributed by atoms with Crippen LogP contribution in [0.2, 0.25) is 0 Å². The normalized spacial score (nSPS) is 14.4. The molecule has 2 aromatic rings. The third kappa shape index (κ3) is 6.44. The van der Waals surface area contributed by atoms with E-state index in [0.717, 1.165) is 54.3 Å². The second-order valence-corrected chi connectivity index (χ2v) is 9.22. The van der Waals surface area contributed by atoms with Gasteiger partial charge in [0.2, 0.25) is 0 Å². The van der Waals surface area contributed by atoms with Crippen LogP contribution in [0.3, 0.4) is 0 Å². The van der Waals surface area contributed by atoms with Gasteiger partial charge >= 0.3 is 0 Å². The predicted octanol–water partition coefficient (Wildman–Crippen LogP) is 4.11. The number of morpholine rings is 1. The third-order valence-electron chi connectivity index (χ3n) is 4.89. The van der Waals surface area contributed by atoms with Crippen molar-refractivity contribution in [3.63, 3.8) is 0 Å². The number of benzene rings is 1. The lowest BCUT2D eigenvalue weighted by Crippen LogP contribution is -2.37. The Morgan fingerprint density at radius 2 is 1.83 bits per heavy atom. The van der Waals surface area contributed by atoms with Crippen molar-refractivity contribution < 1.29 is 9.53 Å². The first-order valence-corrected chi connectivity index (χ1v) is 11.6. The average Bonchev–Trinajstić information content (AvgIpc) is 2.76. The number of aromatic nitrogens is 2. The Bertz CT molecular complexity index is 834. The van der Waals surface area contributed by atoms with E-state index in [1.54, 1.807) is 11.8 Å². The highest BCUT2D eigenvalue weighted by atomic mass is 32.2. The summed E-state index contributed by atoms with van der Waals surface area (Å²) in [7, 11) is 0.